The monoisotopic (exact) mass is 312 g/mol. The molecule has 19 heavy (non-hydrogen) atoms. The normalized spacial score (nSPS) is 14.7. The van der Waals surface area contributed by atoms with Gasteiger partial charge in [0.25, 0.3) is 0 Å². The van der Waals surface area contributed by atoms with Crippen LogP contribution >= 0.6 is 16.2 Å². The van der Waals surface area contributed by atoms with Crippen LogP contribution < -0.4 is 0 Å². The van der Waals surface area contributed by atoms with Crippen molar-refractivity contribution in [2.24, 2.45) is 0 Å². The third-order valence-electron chi connectivity index (χ3n) is 2.55. The SMILES string of the molecule is CCOP(O)(=S)[SH](c1ccccc1)c1ccccc1. The van der Waals surface area contributed by atoms with Gasteiger partial charge in [0.1, 0.15) is 0 Å². The Morgan fingerprint density at radius 1 is 1.00 bits per heavy atom. The summed E-state index contributed by atoms with van der Waals surface area (Å²) < 4.78 is 5.51. The molecule has 0 aromatic heterocycles. The van der Waals surface area contributed by atoms with Crippen LogP contribution in [0.25, 0.3) is 0 Å². The van der Waals surface area contributed by atoms with Crippen molar-refractivity contribution < 1.29 is 9.42 Å². The smallest absolute Gasteiger partial charge is 0.232 e. The van der Waals surface area contributed by atoms with E-state index in [1.807, 2.05) is 67.6 Å². The lowest BCUT2D eigenvalue weighted by Crippen LogP contribution is -1.93. The van der Waals surface area contributed by atoms with Crippen molar-refractivity contribution in [1.29, 1.82) is 0 Å². The van der Waals surface area contributed by atoms with Crippen LogP contribution in [-0.4, -0.2) is 11.5 Å². The molecule has 2 aromatic carbocycles. The van der Waals surface area contributed by atoms with Gasteiger partial charge in [0, 0.05) is 0 Å². The minimum Gasteiger partial charge on any atom is -0.338 e. The second-order valence-electron chi connectivity index (χ2n) is 3.89. The van der Waals surface area contributed by atoms with Gasteiger partial charge in [-0.25, -0.2) is 0 Å². The molecule has 1 unspecified atom stereocenters. The molecule has 0 bridgehead atoms. The highest BCUT2D eigenvalue weighted by atomic mass is 32.9. The Labute approximate surface area is 121 Å². The molecule has 102 valence electrons. The third kappa shape index (κ3) is 3.68. The molecule has 0 aliphatic heterocycles. The van der Waals surface area contributed by atoms with Gasteiger partial charge in [-0.3, -0.25) is 0 Å². The van der Waals surface area contributed by atoms with Gasteiger partial charge in [-0.05, 0) is 52.8 Å². The van der Waals surface area contributed by atoms with Crippen molar-refractivity contribution >= 4 is 28.0 Å². The fourth-order valence-corrected chi connectivity index (χ4v) is 9.31. The molecule has 2 rings (SSSR count). The highest BCUT2D eigenvalue weighted by Gasteiger charge is 2.26. The molecule has 0 amide bonds. The minimum atomic E-state index is -2.85. The quantitative estimate of drug-likeness (QED) is 0.635. The summed E-state index contributed by atoms with van der Waals surface area (Å²) >= 11 is 5.40. The van der Waals surface area contributed by atoms with Gasteiger partial charge in [-0.1, -0.05) is 36.4 Å². The van der Waals surface area contributed by atoms with E-state index in [9.17, 15) is 4.89 Å². The molecular weight excluding hydrogens is 295 g/mol. The second kappa shape index (κ2) is 6.69. The molecular formula is C14H17O2PS2. The Hall–Kier alpha value is -0.640. The van der Waals surface area contributed by atoms with Crippen LogP contribution in [0.1, 0.15) is 6.92 Å². The summed E-state index contributed by atoms with van der Waals surface area (Å²) in [5.41, 5.74) is -2.85. The second-order valence-corrected chi connectivity index (χ2v) is 11.9. The zero-order valence-corrected chi connectivity index (χ0v) is 13.2. The topological polar surface area (TPSA) is 29.5 Å². The van der Waals surface area contributed by atoms with Crippen LogP contribution in [0.3, 0.4) is 0 Å². The first-order valence-electron chi connectivity index (χ1n) is 6.03. The number of hydrogen-bond acceptors (Lipinski definition) is 2. The number of benzene rings is 2. The Kier molecular flexibility index (Phi) is 5.20. The molecule has 2 aromatic rings. The first kappa shape index (κ1) is 14.8. The summed E-state index contributed by atoms with van der Waals surface area (Å²) in [6.07, 6.45) is 0. The average Bonchev–Trinajstić information content (AvgIpc) is 2.41. The van der Waals surface area contributed by atoms with Crippen LogP contribution in [0.4, 0.5) is 0 Å². The molecule has 0 aliphatic carbocycles. The fourth-order valence-electron chi connectivity index (χ4n) is 1.81. The molecule has 2 nitrogen and oxygen atoms in total. The lowest BCUT2D eigenvalue weighted by Gasteiger charge is -2.30. The molecule has 0 spiro atoms. The van der Waals surface area contributed by atoms with E-state index in [0.717, 1.165) is 9.79 Å². The summed E-state index contributed by atoms with van der Waals surface area (Å²) in [7, 11) is -1.04. The predicted octanol–water partition coefficient (Wildman–Crippen LogP) is 4.36. The molecule has 0 aliphatic rings. The van der Waals surface area contributed by atoms with Gasteiger partial charge in [-0.2, -0.15) is 0 Å². The van der Waals surface area contributed by atoms with Crippen molar-refractivity contribution in [3.05, 3.63) is 60.7 Å². The van der Waals surface area contributed by atoms with E-state index >= 15 is 0 Å². The standard InChI is InChI=1S/C14H17O2PS2/c1-2-16-17(15,18)19(13-9-5-3-6-10-13)14-11-7-4-8-12-14/h3-12,19H,2H2,1H3,(H,15,18). The highest BCUT2D eigenvalue weighted by molar-refractivity contribution is 8.76. The first-order chi connectivity index (χ1) is 9.15. The van der Waals surface area contributed by atoms with Crippen LogP contribution in [0.5, 0.6) is 0 Å². The van der Waals surface area contributed by atoms with Gasteiger partial charge in [0.2, 0.25) is 5.69 Å². The lowest BCUT2D eigenvalue weighted by molar-refractivity contribution is 0.340. The minimum absolute atomic E-state index is 0.437. The summed E-state index contributed by atoms with van der Waals surface area (Å²) in [5, 5.41) is 0. The summed E-state index contributed by atoms with van der Waals surface area (Å²) in [5.74, 6) is 0. The zero-order chi connectivity index (χ0) is 13.7. The maximum atomic E-state index is 10.6. The molecule has 1 N–H and O–H groups in total. The Morgan fingerprint density at radius 2 is 1.42 bits per heavy atom. The Morgan fingerprint density at radius 3 is 1.79 bits per heavy atom. The van der Waals surface area contributed by atoms with Gasteiger partial charge in [0.05, 0.1) is 6.61 Å². The van der Waals surface area contributed by atoms with E-state index in [1.54, 1.807) is 0 Å². The molecule has 5 heteroatoms. The fraction of sp³-hybridized carbons (Fsp3) is 0.143. The Balaban J connectivity index is 2.49. The maximum absolute atomic E-state index is 10.6. The predicted molar refractivity (Wildman–Crippen MR) is 86.5 cm³/mol. The van der Waals surface area contributed by atoms with Crippen molar-refractivity contribution in [2.45, 2.75) is 16.7 Å². The Bertz CT molecular complexity index is 521. The van der Waals surface area contributed by atoms with Gasteiger partial charge >= 0.3 is 0 Å². The third-order valence-corrected chi connectivity index (χ3v) is 10.3. The lowest BCUT2D eigenvalue weighted by atomic mass is 10.4. The molecule has 0 fully saturated rings. The van der Waals surface area contributed by atoms with E-state index < -0.39 is 16.2 Å². The van der Waals surface area contributed by atoms with Gasteiger partial charge in [-0.15, -0.1) is 10.5 Å². The van der Waals surface area contributed by atoms with Crippen molar-refractivity contribution in [2.75, 3.05) is 6.61 Å². The summed E-state index contributed by atoms with van der Waals surface area (Å²) in [6.45, 7) is 2.30. The van der Waals surface area contributed by atoms with Crippen molar-refractivity contribution in [3.8, 4) is 0 Å². The molecule has 0 radical (unpaired) electrons. The van der Waals surface area contributed by atoms with E-state index in [0.29, 0.717) is 6.61 Å². The summed E-state index contributed by atoms with van der Waals surface area (Å²) in [6, 6.07) is 19.8. The van der Waals surface area contributed by atoms with Crippen molar-refractivity contribution in [1.82, 2.24) is 0 Å². The average molecular weight is 312 g/mol. The maximum Gasteiger partial charge on any atom is 0.232 e. The summed E-state index contributed by atoms with van der Waals surface area (Å²) in [4.78, 5) is 12.7. The molecule has 0 saturated heterocycles. The first-order valence-corrected chi connectivity index (χ1v) is 10.7. The van der Waals surface area contributed by atoms with Crippen LogP contribution in [0, 0.1) is 0 Å². The van der Waals surface area contributed by atoms with Gasteiger partial charge < -0.3 is 9.42 Å². The van der Waals surface area contributed by atoms with Crippen molar-refractivity contribution in [3.63, 3.8) is 0 Å². The molecule has 0 heterocycles. The van der Waals surface area contributed by atoms with E-state index in [4.69, 9.17) is 16.3 Å². The molecule has 0 saturated carbocycles. The number of thiol groups is 1. The number of hydrogen-bond donors (Lipinski definition) is 2. The molecule has 1 atom stereocenters. The zero-order valence-electron chi connectivity index (χ0n) is 10.6. The van der Waals surface area contributed by atoms with Crippen LogP contribution in [-0.2, 0) is 16.3 Å². The van der Waals surface area contributed by atoms with E-state index in [2.05, 4.69) is 0 Å². The highest BCUT2D eigenvalue weighted by Crippen LogP contribution is 2.74. The largest absolute Gasteiger partial charge is 0.338 e. The number of rotatable bonds is 5. The van der Waals surface area contributed by atoms with E-state index in [1.165, 1.54) is 0 Å². The van der Waals surface area contributed by atoms with Crippen LogP contribution in [0.2, 0.25) is 0 Å². The van der Waals surface area contributed by atoms with Crippen LogP contribution in [0.15, 0.2) is 70.5 Å². The van der Waals surface area contributed by atoms with Gasteiger partial charge in [0.15, 0.2) is 0 Å². The van der Waals surface area contributed by atoms with E-state index in [-0.39, 0.29) is 0 Å².